The van der Waals surface area contributed by atoms with E-state index >= 15 is 0 Å². The number of fused-ring (bicyclic) bond motifs is 3. The Morgan fingerprint density at radius 2 is 1.53 bits per heavy atom. The zero-order valence-electron chi connectivity index (χ0n) is 8.70. The molecule has 1 heteroatoms. The van der Waals surface area contributed by atoms with Crippen LogP contribution in [0.15, 0.2) is 54.6 Å². The molecule has 0 spiro atoms. The molecule has 0 fully saturated rings. The summed E-state index contributed by atoms with van der Waals surface area (Å²) in [5, 5.41) is 5.07. The third kappa shape index (κ3) is 1.67. The summed E-state index contributed by atoms with van der Waals surface area (Å²) >= 11 is 0. The number of hydrogen-bond acceptors (Lipinski definition) is 0. The van der Waals surface area contributed by atoms with Crippen molar-refractivity contribution in [2.45, 2.75) is 0 Å². The fourth-order valence-electron chi connectivity index (χ4n) is 1.88. The van der Waals surface area contributed by atoms with Crippen LogP contribution in [0.3, 0.4) is 0 Å². The zero-order chi connectivity index (χ0) is 9.38. The van der Waals surface area contributed by atoms with Crippen LogP contribution in [0.4, 0.5) is 0 Å². The van der Waals surface area contributed by atoms with E-state index in [2.05, 4.69) is 48.5 Å². The number of rotatable bonds is 0. The van der Waals surface area contributed by atoms with Crippen LogP contribution >= 0.6 is 0 Å². The van der Waals surface area contributed by atoms with Gasteiger partial charge in [0.25, 0.3) is 0 Å². The van der Waals surface area contributed by atoms with E-state index in [1.54, 1.807) is 0 Å². The van der Waals surface area contributed by atoms with E-state index in [1.165, 1.54) is 21.5 Å². The minimum atomic E-state index is 0. The molecule has 15 heavy (non-hydrogen) atoms. The van der Waals surface area contributed by atoms with Crippen molar-refractivity contribution >= 4 is 21.5 Å². The summed E-state index contributed by atoms with van der Waals surface area (Å²) in [5.74, 6) is 0. The molecule has 0 N–H and O–H groups in total. The minimum Gasteiger partial charge on any atom is -0.147 e. The molecule has 0 aromatic heterocycles. The second kappa shape index (κ2) is 4.11. The minimum absolute atomic E-state index is 0. The van der Waals surface area contributed by atoms with Gasteiger partial charge in [0.1, 0.15) is 0 Å². The first-order chi connectivity index (χ1) is 6.95. The average Bonchev–Trinajstić information content (AvgIpc) is 2.29. The van der Waals surface area contributed by atoms with E-state index in [0.29, 0.717) is 0 Å². The van der Waals surface area contributed by atoms with Gasteiger partial charge in [-0.05, 0) is 5.39 Å². The third-order valence-corrected chi connectivity index (χ3v) is 2.57. The molecule has 0 aliphatic carbocycles. The molecule has 0 radical (unpaired) electrons. The summed E-state index contributed by atoms with van der Waals surface area (Å²) in [6.07, 6.45) is 0. The van der Waals surface area contributed by atoms with E-state index in [0.717, 1.165) is 0 Å². The number of hydrogen-bond donors (Lipinski definition) is 0. The van der Waals surface area contributed by atoms with Gasteiger partial charge in [0.05, 0.1) is 0 Å². The third-order valence-electron chi connectivity index (χ3n) is 2.57. The Labute approximate surface area is 101 Å². The first-order valence-corrected chi connectivity index (χ1v) is 4.73. The fourth-order valence-corrected chi connectivity index (χ4v) is 1.88. The normalized spacial score (nSPS) is 10.1. The summed E-state index contributed by atoms with van der Waals surface area (Å²) in [4.78, 5) is 0. The van der Waals surface area contributed by atoms with Crippen molar-refractivity contribution < 1.29 is 18.9 Å². The van der Waals surface area contributed by atoms with Crippen LogP contribution in [0.25, 0.3) is 21.5 Å². The van der Waals surface area contributed by atoms with Gasteiger partial charge in [-0.25, -0.2) is 0 Å². The van der Waals surface area contributed by atoms with Gasteiger partial charge in [0.15, 0.2) is 0 Å². The molecular formula is C14H9Li. The maximum Gasteiger partial charge on any atom is 1.00 e. The largest absolute Gasteiger partial charge is 1.00 e. The first kappa shape index (κ1) is 10.3. The van der Waals surface area contributed by atoms with Crippen LogP contribution in [0, 0.1) is 6.07 Å². The Kier molecular flexibility index (Phi) is 2.82. The smallest absolute Gasteiger partial charge is 0.147 e. The Bertz CT molecular complexity index is 544. The van der Waals surface area contributed by atoms with Gasteiger partial charge in [-0.1, -0.05) is 35.7 Å². The van der Waals surface area contributed by atoms with Crippen LogP contribution in [-0.4, -0.2) is 0 Å². The van der Waals surface area contributed by atoms with Gasteiger partial charge in [0, 0.05) is 0 Å². The molecule has 0 unspecified atom stereocenters. The van der Waals surface area contributed by atoms with Crippen molar-refractivity contribution in [3.05, 3.63) is 60.7 Å². The molecule has 0 heterocycles. The molecule has 0 amide bonds. The molecule has 3 rings (SSSR count). The Balaban J connectivity index is 0.000000853. The Morgan fingerprint density at radius 1 is 0.733 bits per heavy atom. The van der Waals surface area contributed by atoms with Gasteiger partial charge >= 0.3 is 18.9 Å². The van der Waals surface area contributed by atoms with E-state index in [4.69, 9.17) is 0 Å². The molecule has 3 aromatic carbocycles. The Hall–Kier alpha value is -1.22. The second-order valence-corrected chi connectivity index (χ2v) is 3.42. The van der Waals surface area contributed by atoms with E-state index < -0.39 is 0 Å². The maximum atomic E-state index is 3.24. The van der Waals surface area contributed by atoms with Crippen LogP contribution in [0.1, 0.15) is 0 Å². The zero-order valence-corrected chi connectivity index (χ0v) is 8.70. The topological polar surface area (TPSA) is 0 Å². The molecule has 0 atom stereocenters. The van der Waals surface area contributed by atoms with Crippen molar-refractivity contribution in [3.8, 4) is 0 Å². The molecule has 0 saturated heterocycles. The van der Waals surface area contributed by atoms with Crippen LogP contribution < -0.4 is 18.9 Å². The molecule has 66 valence electrons. The molecule has 0 saturated carbocycles. The molecule has 0 aliphatic heterocycles. The van der Waals surface area contributed by atoms with E-state index in [9.17, 15) is 0 Å². The van der Waals surface area contributed by atoms with Crippen molar-refractivity contribution in [2.75, 3.05) is 0 Å². The van der Waals surface area contributed by atoms with Gasteiger partial charge in [-0.15, -0.1) is 41.1 Å². The SMILES string of the molecule is [Li+].[c-]1cccc2c1ccc1ccccc12. The number of benzene rings is 3. The predicted octanol–water partition coefficient (Wildman–Crippen LogP) is 0.797. The summed E-state index contributed by atoms with van der Waals surface area (Å²) in [7, 11) is 0. The van der Waals surface area contributed by atoms with Crippen LogP contribution in [-0.2, 0) is 0 Å². The monoisotopic (exact) mass is 184 g/mol. The summed E-state index contributed by atoms with van der Waals surface area (Å²) in [6.45, 7) is 0. The molecule has 0 aliphatic rings. The van der Waals surface area contributed by atoms with Gasteiger partial charge in [-0.3, -0.25) is 0 Å². The fraction of sp³-hybridized carbons (Fsp3) is 0. The summed E-state index contributed by atoms with van der Waals surface area (Å²) < 4.78 is 0. The van der Waals surface area contributed by atoms with E-state index in [1.807, 2.05) is 12.1 Å². The van der Waals surface area contributed by atoms with Gasteiger partial charge in [-0.2, -0.15) is 0 Å². The van der Waals surface area contributed by atoms with Crippen molar-refractivity contribution in [2.24, 2.45) is 0 Å². The molecule has 0 bridgehead atoms. The van der Waals surface area contributed by atoms with E-state index in [-0.39, 0.29) is 18.9 Å². The van der Waals surface area contributed by atoms with Crippen molar-refractivity contribution in [3.63, 3.8) is 0 Å². The summed E-state index contributed by atoms with van der Waals surface area (Å²) in [6, 6.07) is 22.1. The van der Waals surface area contributed by atoms with Crippen LogP contribution in [0.2, 0.25) is 0 Å². The van der Waals surface area contributed by atoms with Crippen LogP contribution in [0.5, 0.6) is 0 Å². The first-order valence-electron chi connectivity index (χ1n) is 4.73. The molecule has 0 nitrogen and oxygen atoms in total. The van der Waals surface area contributed by atoms with Gasteiger partial charge in [0.2, 0.25) is 0 Å². The van der Waals surface area contributed by atoms with Crippen molar-refractivity contribution in [1.82, 2.24) is 0 Å². The molecular weight excluding hydrogens is 175 g/mol. The van der Waals surface area contributed by atoms with Crippen molar-refractivity contribution in [1.29, 1.82) is 0 Å². The second-order valence-electron chi connectivity index (χ2n) is 3.42. The average molecular weight is 184 g/mol. The standard InChI is InChI=1S/C14H9.Li/c1-3-7-13-11(5-1)9-10-12-6-2-4-8-14(12)13;/h1-5,7-10H;/q-1;+1. The molecule has 3 aromatic rings. The quantitative estimate of drug-likeness (QED) is 0.275. The summed E-state index contributed by atoms with van der Waals surface area (Å²) in [5.41, 5.74) is 0. The maximum absolute atomic E-state index is 3.24. The van der Waals surface area contributed by atoms with Gasteiger partial charge < -0.3 is 0 Å². The Morgan fingerprint density at radius 3 is 2.47 bits per heavy atom. The predicted molar refractivity (Wildman–Crippen MR) is 60.3 cm³/mol.